The van der Waals surface area contributed by atoms with Crippen LogP contribution in [0.3, 0.4) is 0 Å². The SMILES string of the molecule is CC1C(=O)NCC(=O)N1c1cccc(F)c1. The zero-order valence-electron chi connectivity index (χ0n) is 8.74. The van der Waals surface area contributed by atoms with Crippen molar-refractivity contribution in [3.63, 3.8) is 0 Å². The van der Waals surface area contributed by atoms with E-state index in [-0.39, 0.29) is 18.4 Å². The van der Waals surface area contributed by atoms with E-state index in [0.29, 0.717) is 5.69 Å². The summed E-state index contributed by atoms with van der Waals surface area (Å²) in [5.41, 5.74) is 0.410. The summed E-state index contributed by atoms with van der Waals surface area (Å²) in [6.45, 7) is 1.57. The molecule has 1 fully saturated rings. The third-order valence-electron chi connectivity index (χ3n) is 2.54. The highest BCUT2D eigenvalue weighted by atomic mass is 19.1. The first-order chi connectivity index (χ1) is 7.59. The molecule has 0 aliphatic carbocycles. The molecular weight excluding hydrogens is 211 g/mol. The smallest absolute Gasteiger partial charge is 0.247 e. The Balaban J connectivity index is 2.37. The lowest BCUT2D eigenvalue weighted by molar-refractivity contribution is -0.130. The fourth-order valence-corrected chi connectivity index (χ4v) is 1.72. The minimum Gasteiger partial charge on any atom is -0.345 e. The third-order valence-corrected chi connectivity index (χ3v) is 2.54. The molecule has 2 rings (SSSR count). The summed E-state index contributed by atoms with van der Waals surface area (Å²) in [5, 5.41) is 2.47. The number of hydrogen-bond acceptors (Lipinski definition) is 2. The number of piperazine rings is 1. The number of halogens is 1. The van der Waals surface area contributed by atoms with Crippen molar-refractivity contribution in [2.24, 2.45) is 0 Å². The van der Waals surface area contributed by atoms with Gasteiger partial charge in [0.15, 0.2) is 0 Å². The summed E-state index contributed by atoms with van der Waals surface area (Å²) in [6, 6.07) is 5.05. The number of nitrogens with one attached hydrogen (secondary N) is 1. The van der Waals surface area contributed by atoms with Crippen molar-refractivity contribution in [1.82, 2.24) is 5.32 Å². The molecule has 5 heteroatoms. The lowest BCUT2D eigenvalue weighted by Gasteiger charge is -2.32. The molecule has 0 radical (unpaired) electrons. The van der Waals surface area contributed by atoms with Gasteiger partial charge < -0.3 is 5.32 Å². The molecule has 1 saturated heterocycles. The van der Waals surface area contributed by atoms with Crippen molar-refractivity contribution in [3.05, 3.63) is 30.1 Å². The van der Waals surface area contributed by atoms with Crippen LogP contribution in [0.5, 0.6) is 0 Å². The molecule has 16 heavy (non-hydrogen) atoms. The standard InChI is InChI=1S/C11H11FN2O2/c1-7-11(16)13-6-10(15)14(7)9-4-2-3-8(12)5-9/h2-5,7H,6H2,1H3,(H,13,16). The lowest BCUT2D eigenvalue weighted by atomic mass is 10.1. The van der Waals surface area contributed by atoms with E-state index >= 15 is 0 Å². The Hall–Kier alpha value is -1.91. The van der Waals surface area contributed by atoms with E-state index in [9.17, 15) is 14.0 Å². The largest absolute Gasteiger partial charge is 0.345 e. The van der Waals surface area contributed by atoms with Crippen LogP contribution in [0.4, 0.5) is 10.1 Å². The van der Waals surface area contributed by atoms with Gasteiger partial charge in [-0.25, -0.2) is 4.39 Å². The van der Waals surface area contributed by atoms with E-state index in [1.54, 1.807) is 13.0 Å². The molecule has 4 nitrogen and oxygen atoms in total. The Morgan fingerprint density at radius 1 is 1.44 bits per heavy atom. The summed E-state index contributed by atoms with van der Waals surface area (Å²) in [7, 11) is 0. The topological polar surface area (TPSA) is 49.4 Å². The lowest BCUT2D eigenvalue weighted by Crippen LogP contribution is -2.57. The van der Waals surface area contributed by atoms with Crippen molar-refractivity contribution >= 4 is 17.5 Å². The van der Waals surface area contributed by atoms with E-state index in [1.807, 2.05) is 0 Å². The first kappa shape index (κ1) is 10.6. The molecule has 1 aliphatic rings. The monoisotopic (exact) mass is 222 g/mol. The van der Waals surface area contributed by atoms with Crippen molar-refractivity contribution in [2.75, 3.05) is 11.4 Å². The normalized spacial score (nSPS) is 20.9. The van der Waals surface area contributed by atoms with Gasteiger partial charge in [-0.15, -0.1) is 0 Å². The molecule has 1 aromatic carbocycles. The van der Waals surface area contributed by atoms with Gasteiger partial charge in [0.05, 0.1) is 6.54 Å². The number of nitrogens with zero attached hydrogens (tertiary/aromatic N) is 1. The number of anilines is 1. The van der Waals surface area contributed by atoms with E-state index < -0.39 is 11.9 Å². The van der Waals surface area contributed by atoms with Crippen LogP contribution in [-0.2, 0) is 9.59 Å². The molecule has 1 atom stereocenters. The van der Waals surface area contributed by atoms with Gasteiger partial charge in [0, 0.05) is 5.69 Å². The molecule has 0 saturated carbocycles. The summed E-state index contributed by atoms with van der Waals surface area (Å²) < 4.78 is 13.0. The second-order valence-corrected chi connectivity index (χ2v) is 3.64. The molecular formula is C11H11FN2O2. The first-order valence-corrected chi connectivity index (χ1v) is 4.95. The van der Waals surface area contributed by atoms with Crippen LogP contribution in [0.25, 0.3) is 0 Å². The number of rotatable bonds is 1. The zero-order valence-corrected chi connectivity index (χ0v) is 8.74. The van der Waals surface area contributed by atoms with Crippen molar-refractivity contribution < 1.29 is 14.0 Å². The van der Waals surface area contributed by atoms with Crippen LogP contribution in [0.15, 0.2) is 24.3 Å². The molecule has 0 aromatic heterocycles. The summed E-state index contributed by atoms with van der Waals surface area (Å²) in [5.74, 6) is -0.898. The number of hydrogen-bond donors (Lipinski definition) is 1. The van der Waals surface area contributed by atoms with E-state index in [2.05, 4.69) is 5.32 Å². The number of carbonyl (C=O) groups excluding carboxylic acids is 2. The van der Waals surface area contributed by atoms with Gasteiger partial charge >= 0.3 is 0 Å². The molecule has 84 valence electrons. The molecule has 1 N–H and O–H groups in total. The number of amides is 2. The number of benzene rings is 1. The minimum absolute atomic E-state index is 0.0420. The van der Waals surface area contributed by atoms with Crippen LogP contribution in [0, 0.1) is 5.82 Å². The Morgan fingerprint density at radius 2 is 2.19 bits per heavy atom. The van der Waals surface area contributed by atoms with Gasteiger partial charge in [0.1, 0.15) is 11.9 Å². The van der Waals surface area contributed by atoms with Crippen molar-refractivity contribution in [1.29, 1.82) is 0 Å². The molecule has 0 spiro atoms. The predicted molar refractivity (Wildman–Crippen MR) is 56.4 cm³/mol. The molecule has 1 aliphatic heterocycles. The summed E-state index contributed by atoms with van der Waals surface area (Å²) in [4.78, 5) is 24.4. The quantitative estimate of drug-likeness (QED) is 0.759. The summed E-state index contributed by atoms with van der Waals surface area (Å²) >= 11 is 0. The molecule has 1 unspecified atom stereocenters. The average Bonchev–Trinajstić information content (AvgIpc) is 2.24. The average molecular weight is 222 g/mol. The van der Waals surface area contributed by atoms with E-state index in [4.69, 9.17) is 0 Å². The maximum absolute atomic E-state index is 13.0. The maximum Gasteiger partial charge on any atom is 0.247 e. The van der Waals surface area contributed by atoms with Gasteiger partial charge in [-0.1, -0.05) is 6.07 Å². The van der Waals surface area contributed by atoms with Crippen LogP contribution in [0.2, 0.25) is 0 Å². The summed E-state index contributed by atoms with van der Waals surface area (Å²) in [6.07, 6.45) is 0. The van der Waals surface area contributed by atoms with Crippen molar-refractivity contribution in [2.45, 2.75) is 13.0 Å². The Kier molecular flexibility index (Phi) is 2.60. The van der Waals surface area contributed by atoms with Crippen LogP contribution >= 0.6 is 0 Å². The molecule has 1 heterocycles. The van der Waals surface area contributed by atoms with Gasteiger partial charge in [0.2, 0.25) is 11.8 Å². The Labute approximate surface area is 92.0 Å². The third kappa shape index (κ3) is 1.76. The molecule has 0 bridgehead atoms. The first-order valence-electron chi connectivity index (χ1n) is 4.95. The predicted octanol–water partition coefficient (Wildman–Crippen LogP) is 0.677. The van der Waals surface area contributed by atoms with Crippen LogP contribution < -0.4 is 10.2 Å². The molecule has 1 aromatic rings. The minimum atomic E-state index is -0.608. The van der Waals surface area contributed by atoms with Crippen LogP contribution in [-0.4, -0.2) is 24.4 Å². The van der Waals surface area contributed by atoms with E-state index in [1.165, 1.54) is 23.1 Å². The highest BCUT2D eigenvalue weighted by Crippen LogP contribution is 2.20. The van der Waals surface area contributed by atoms with Gasteiger partial charge in [-0.3, -0.25) is 14.5 Å². The van der Waals surface area contributed by atoms with Gasteiger partial charge in [-0.05, 0) is 25.1 Å². The highest BCUT2D eigenvalue weighted by molar-refractivity contribution is 6.06. The highest BCUT2D eigenvalue weighted by Gasteiger charge is 2.31. The van der Waals surface area contributed by atoms with Gasteiger partial charge in [-0.2, -0.15) is 0 Å². The second-order valence-electron chi connectivity index (χ2n) is 3.64. The molecule has 2 amide bonds. The zero-order chi connectivity index (χ0) is 11.7. The fourth-order valence-electron chi connectivity index (χ4n) is 1.72. The Bertz CT molecular complexity index is 447. The van der Waals surface area contributed by atoms with Crippen molar-refractivity contribution in [3.8, 4) is 0 Å². The Morgan fingerprint density at radius 3 is 2.88 bits per heavy atom. The second kappa shape index (κ2) is 3.92. The maximum atomic E-state index is 13.0. The van der Waals surface area contributed by atoms with Gasteiger partial charge in [0.25, 0.3) is 0 Å². The fraction of sp³-hybridized carbons (Fsp3) is 0.273. The van der Waals surface area contributed by atoms with Crippen LogP contribution in [0.1, 0.15) is 6.92 Å². The number of carbonyl (C=O) groups is 2. The van der Waals surface area contributed by atoms with E-state index in [0.717, 1.165) is 0 Å².